The molecule has 1 amide bonds. The monoisotopic (exact) mass is 467 g/mol. The Morgan fingerprint density at radius 3 is 2.21 bits per heavy atom. The maximum absolute atomic E-state index is 12.2. The van der Waals surface area contributed by atoms with Gasteiger partial charge in [0.1, 0.15) is 6.10 Å². The van der Waals surface area contributed by atoms with Gasteiger partial charge >= 0.3 is 12.0 Å². The summed E-state index contributed by atoms with van der Waals surface area (Å²) in [5, 5.41) is 12.0. The van der Waals surface area contributed by atoms with Gasteiger partial charge in [-0.05, 0) is 47.7 Å². The SMILES string of the molecule is CC(C)CC(Oc1ncc(-c2ccc(Cl)cc2)cn1)c1ccc(C(=O)NCCC(=O)O)cc1. The molecule has 0 saturated carbocycles. The van der Waals surface area contributed by atoms with Crippen LogP contribution in [-0.2, 0) is 4.79 Å². The third-order valence-electron chi connectivity index (χ3n) is 4.91. The molecule has 0 aliphatic carbocycles. The molecule has 2 aromatic carbocycles. The van der Waals surface area contributed by atoms with Gasteiger partial charge in [0, 0.05) is 35.1 Å². The Labute approximate surface area is 197 Å². The summed E-state index contributed by atoms with van der Waals surface area (Å²) in [5.74, 6) is -0.907. The Hall–Kier alpha value is -3.45. The fraction of sp³-hybridized carbons (Fsp3) is 0.280. The van der Waals surface area contributed by atoms with Gasteiger partial charge in [-0.25, -0.2) is 9.97 Å². The highest BCUT2D eigenvalue weighted by Gasteiger charge is 2.18. The van der Waals surface area contributed by atoms with Crippen LogP contribution in [0.2, 0.25) is 5.02 Å². The zero-order valence-electron chi connectivity index (χ0n) is 18.5. The van der Waals surface area contributed by atoms with Crippen molar-refractivity contribution in [1.29, 1.82) is 0 Å². The first kappa shape index (κ1) is 24.2. The van der Waals surface area contributed by atoms with Gasteiger partial charge in [0.25, 0.3) is 5.91 Å². The van der Waals surface area contributed by atoms with Crippen LogP contribution in [0.15, 0.2) is 60.9 Å². The molecule has 7 nitrogen and oxygen atoms in total. The number of ether oxygens (including phenoxy) is 1. The third-order valence-corrected chi connectivity index (χ3v) is 5.16. The molecule has 0 saturated heterocycles. The van der Waals surface area contributed by atoms with Gasteiger partial charge in [0.15, 0.2) is 0 Å². The lowest BCUT2D eigenvalue weighted by Crippen LogP contribution is -2.26. The van der Waals surface area contributed by atoms with E-state index in [1.165, 1.54) is 0 Å². The van der Waals surface area contributed by atoms with Crippen molar-refractivity contribution in [1.82, 2.24) is 15.3 Å². The zero-order valence-corrected chi connectivity index (χ0v) is 19.2. The molecule has 1 unspecified atom stereocenters. The molecule has 3 aromatic rings. The fourth-order valence-corrected chi connectivity index (χ4v) is 3.34. The molecule has 0 bridgehead atoms. The number of nitrogens with one attached hydrogen (secondary N) is 1. The molecular formula is C25H26ClN3O4. The summed E-state index contributed by atoms with van der Waals surface area (Å²) in [5.41, 5.74) is 3.17. The quantitative estimate of drug-likeness (QED) is 0.426. The van der Waals surface area contributed by atoms with E-state index in [-0.39, 0.29) is 31.0 Å². The van der Waals surface area contributed by atoms with Gasteiger partial charge in [-0.15, -0.1) is 0 Å². The molecule has 1 atom stereocenters. The largest absolute Gasteiger partial charge is 0.481 e. The van der Waals surface area contributed by atoms with Crippen molar-refractivity contribution >= 4 is 23.5 Å². The number of carbonyl (C=O) groups is 2. The van der Waals surface area contributed by atoms with Crippen LogP contribution in [0.4, 0.5) is 0 Å². The number of nitrogens with zero attached hydrogens (tertiary/aromatic N) is 2. The Balaban J connectivity index is 1.70. The number of carboxylic acid groups (broad SMARTS) is 1. The Kier molecular flexibility index (Phi) is 8.38. The highest BCUT2D eigenvalue weighted by molar-refractivity contribution is 6.30. The minimum atomic E-state index is -0.956. The van der Waals surface area contributed by atoms with Crippen molar-refractivity contribution in [3.8, 4) is 17.1 Å². The predicted octanol–water partition coefficient (Wildman–Crippen LogP) is 5.17. The maximum atomic E-state index is 12.2. The lowest BCUT2D eigenvalue weighted by atomic mass is 9.98. The maximum Gasteiger partial charge on any atom is 0.316 e. The van der Waals surface area contributed by atoms with Crippen molar-refractivity contribution in [3.63, 3.8) is 0 Å². The predicted molar refractivity (Wildman–Crippen MR) is 126 cm³/mol. The smallest absolute Gasteiger partial charge is 0.316 e. The minimum Gasteiger partial charge on any atom is -0.481 e. The molecule has 0 fully saturated rings. The molecule has 8 heteroatoms. The zero-order chi connectivity index (χ0) is 23.8. The molecule has 33 heavy (non-hydrogen) atoms. The van der Waals surface area contributed by atoms with Gasteiger partial charge in [-0.1, -0.05) is 49.7 Å². The number of hydrogen-bond donors (Lipinski definition) is 2. The number of amides is 1. The molecule has 0 aliphatic heterocycles. The average molecular weight is 468 g/mol. The highest BCUT2D eigenvalue weighted by atomic mass is 35.5. The number of carboxylic acids is 1. The number of carbonyl (C=O) groups excluding carboxylic acids is 1. The summed E-state index contributed by atoms with van der Waals surface area (Å²) >= 11 is 5.95. The molecule has 0 radical (unpaired) electrons. The molecule has 0 spiro atoms. The van der Waals surface area contributed by atoms with Crippen LogP contribution in [-0.4, -0.2) is 33.5 Å². The number of hydrogen-bond acceptors (Lipinski definition) is 5. The van der Waals surface area contributed by atoms with Crippen LogP contribution in [0.1, 0.15) is 48.7 Å². The van der Waals surface area contributed by atoms with Crippen LogP contribution < -0.4 is 10.1 Å². The molecular weight excluding hydrogens is 442 g/mol. The normalized spacial score (nSPS) is 11.8. The fourth-order valence-electron chi connectivity index (χ4n) is 3.21. The summed E-state index contributed by atoms with van der Waals surface area (Å²) in [4.78, 5) is 31.5. The van der Waals surface area contributed by atoms with Crippen molar-refractivity contribution in [2.24, 2.45) is 5.92 Å². The second-order valence-electron chi connectivity index (χ2n) is 8.02. The van der Waals surface area contributed by atoms with E-state index in [0.29, 0.717) is 16.5 Å². The van der Waals surface area contributed by atoms with Crippen LogP contribution in [0.25, 0.3) is 11.1 Å². The standard InChI is InChI=1S/C25H26ClN3O4/c1-16(2)13-22(18-3-5-19(6-4-18)24(32)27-12-11-23(30)31)33-25-28-14-20(15-29-25)17-7-9-21(26)10-8-17/h3-10,14-16,22H,11-13H2,1-2H3,(H,27,32)(H,30,31). The van der Waals surface area contributed by atoms with E-state index in [9.17, 15) is 9.59 Å². The van der Waals surface area contributed by atoms with Gasteiger partial charge in [0.05, 0.1) is 6.42 Å². The van der Waals surface area contributed by atoms with Gasteiger partial charge in [0.2, 0.25) is 0 Å². The van der Waals surface area contributed by atoms with Gasteiger partial charge < -0.3 is 15.2 Å². The van der Waals surface area contributed by atoms with E-state index in [0.717, 1.165) is 23.1 Å². The first-order chi connectivity index (χ1) is 15.8. The van der Waals surface area contributed by atoms with E-state index in [1.807, 2.05) is 36.4 Å². The summed E-state index contributed by atoms with van der Waals surface area (Å²) in [6.45, 7) is 4.29. The van der Waals surface area contributed by atoms with E-state index < -0.39 is 5.97 Å². The van der Waals surface area contributed by atoms with E-state index in [4.69, 9.17) is 21.4 Å². The van der Waals surface area contributed by atoms with Crippen LogP contribution >= 0.6 is 11.6 Å². The topological polar surface area (TPSA) is 101 Å². The molecule has 2 N–H and O–H groups in total. The number of aliphatic carboxylic acids is 1. The van der Waals surface area contributed by atoms with Crippen molar-refractivity contribution in [3.05, 3.63) is 77.1 Å². The lowest BCUT2D eigenvalue weighted by Gasteiger charge is -2.20. The summed E-state index contributed by atoms with van der Waals surface area (Å²) in [6.07, 6.45) is 3.76. The Morgan fingerprint density at radius 1 is 1.00 bits per heavy atom. The third kappa shape index (κ3) is 7.29. The summed E-state index contributed by atoms with van der Waals surface area (Å²) < 4.78 is 6.10. The van der Waals surface area contributed by atoms with E-state index in [2.05, 4.69) is 29.1 Å². The molecule has 1 aromatic heterocycles. The Bertz CT molecular complexity index is 1070. The molecule has 0 aliphatic rings. The second-order valence-corrected chi connectivity index (χ2v) is 8.46. The molecule has 1 heterocycles. The van der Waals surface area contributed by atoms with E-state index >= 15 is 0 Å². The van der Waals surface area contributed by atoms with Crippen LogP contribution in [0.3, 0.4) is 0 Å². The highest BCUT2D eigenvalue weighted by Crippen LogP contribution is 2.27. The van der Waals surface area contributed by atoms with E-state index in [1.54, 1.807) is 24.5 Å². The van der Waals surface area contributed by atoms with Gasteiger partial charge in [-0.3, -0.25) is 9.59 Å². The van der Waals surface area contributed by atoms with Crippen molar-refractivity contribution in [2.75, 3.05) is 6.54 Å². The lowest BCUT2D eigenvalue weighted by molar-refractivity contribution is -0.136. The molecule has 172 valence electrons. The number of aromatic nitrogens is 2. The number of halogens is 1. The van der Waals surface area contributed by atoms with Crippen LogP contribution in [0, 0.1) is 5.92 Å². The minimum absolute atomic E-state index is 0.0817. The van der Waals surface area contributed by atoms with Crippen molar-refractivity contribution < 1.29 is 19.4 Å². The van der Waals surface area contributed by atoms with Crippen LogP contribution in [0.5, 0.6) is 6.01 Å². The molecule has 3 rings (SSSR count). The number of benzene rings is 2. The van der Waals surface area contributed by atoms with Gasteiger partial charge in [-0.2, -0.15) is 0 Å². The van der Waals surface area contributed by atoms with Crippen molar-refractivity contribution in [2.45, 2.75) is 32.8 Å². The first-order valence-electron chi connectivity index (χ1n) is 10.7. The Morgan fingerprint density at radius 2 is 1.64 bits per heavy atom. The summed E-state index contributed by atoms with van der Waals surface area (Å²) in [6, 6.07) is 14.8. The first-order valence-corrected chi connectivity index (χ1v) is 11.0. The average Bonchev–Trinajstić information content (AvgIpc) is 2.79. The second kappa shape index (κ2) is 11.4. The number of rotatable bonds is 10. The summed E-state index contributed by atoms with van der Waals surface area (Å²) in [7, 11) is 0.